The first-order chi connectivity index (χ1) is 15.7. The van der Waals surface area contributed by atoms with E-state index in [1.165, 1.54) is 0 Å². The first kappa shape index (κ1) is 23.2. The number of aryl methyl sites for hydroxylation is 1. The van der Waals surface area contributed by atoms with Crippen molar-refractivity contribution in [3.05, 3.63) is 56.8 Å². The number of alkyl halides is 2. The Kier molecular flexibility index (Phi) is 6.38. The van der Waals surface area contributed by atoms with Gasteiger partial charge in [-0.3, -0.25) is 4.79 Å². The number of carbonyl (C=O) groups excluding carboxylic acids is 1. The van der Waals surface area contributed by atoms with Gasteiger partial charge in [-0.15, -0.1) is 0 Å². The fourth-order valence-corrected chi connectivity index (χ4v) is 4.25. The predicted molar refractivity (Wildman–Crippen MR) is 125 cm³/mol. The number of nitrogens with one attached hydrogen (secondary N) is 1. The Morgan fingerprint density at radius 2 is 2.03 bits per heavy atom. The Bertz CT molecular complexity index is 1280. The van der Waals surface area contributed by atoms with Gasteiger partial charge in [-0.1, -0.05) is 29.8 Å². The van der Waals surface area contributed by atoms with Gasteiger partial charge in [0, 0.05) is 42.6 Å². The van der Waals surface area contributed by atoms with Crippen LogP contribution in [0.2, 0.25) is 5.02 Å². The summed E-state index contributed by atoms with van der Waals surface area (Å²) in [6.45, 7) is 3.81. The average molecular weight is 476 g/mol. The molecule has 1 saturated heterocycles. The molecular formula is C24H24ClF2N3O3. The molecule has 4 rings (SSSR count). The Morgan fingerprint density at radius 3 is 2.79 bits per heavy atom. The number of hydrogen-bond acceptors (Lipinski definition) is 5. The summed E-state index contributed by atoms with van der Waals surface area (Å²) >= 11 is 6.16. The maximum absolute atomic E-state index is 14.1. The van der Waals surface area contributed by atoms with Crippen LogP contribution in [0, 0.1) is 6.92 Å². The highest BCUT2D eigenvalue weighted by molar-refractivity contribution is 6.31. The molecule has 0 atom stereocenters. The number of nitrogens with zero attached hydrogens (tertiary/aromatic N) is 2. The van der Waals surface area contributed by atoms with Crippen molar-refractivity contribution >= 4 is 34.3 Å². The van der Waals surface area contributed by atoms with Crippen LogP contribution in [0.3, 0.4) is 0 Å². The number of hydrogen-bond donors (Lipinski definition) is 1. The number of benzene rings is 1. The molecule has 0 spiro atoms. The molecule has 3 heterocycles. The Labute approximate surface area is 194 Å². The molecule has 33 heavy (non-hydrogen) atoms. The molecule has 0 unspecified atom stereocenters. The fraction of sp³-hybridized carbons (Fsp3) is 0.375. The van der Waals surface area contributed by atoms with Crippen LogP contribution in [0.15, 0.2) is 35.1 Å². The molecule has 1 aromatic carbocycles. The van der Waals surface area contributed by atoms with Gasteiger partial charge >= 0.3 is 5.97 Å². The van der Waals surface area contributed by atoms with E-state index >= 15 is 0 Å². The van der Waals surface area contributed by atoms with Gasteiger partial charge in [0.05, 0.1) is 17.8 Å². The van der Waals surface area contributed by atoms with Gasteiger partial charge in [-0.25, -0.2) is 18.6 Å². The van der Waals surface area contributed by atoms with Crippen LogP contribution < -0.4 is 10.3 Å². The topological polar surface area (TPSA) is 75.3 Å². The van der Waals surface area contributed by atoms with E-state index in [2.05, 4.69) is 4.98 Å². The summed E-state index contributed by atoms with van der Waals surface area (Å²) in [5, 5.41) is 0.672. The number of aromatic amines is 1. The largest absolute Gasteiger partial charge is 0.462 e. The minimum atomic E-state index is -2.74. The summed E-state index contributed by atoms with van der Waals surface area (Å²) in [5.41, 5.74) is 0.849. The number of anilines is 1. The Balaban J connectivity index is 1.99. The van der Waals surface area contributed by atoms with Gasteiger partial charge < -0.3 is 14.6 Å². The summed E-state index contributed by atoms with van der Waals surface area (Å²) in [6, 6.07) is 9.19. The maximum atomic E-state index is 14.1. The number of rotatable bonds is 4. The third-order valence-electron chi connectivity index (χ3n) is 5.79. The quantitative estimate of drug-likeness (QED) is 0.514. The normalized spacial score (nSPS) is 16.0. The number of H-pyrrole nitrogens is 1. The number of carbonyl (C=O) groups is 1. The van der Waals surface area contributed by atoms with Gasteiger partial charge in [0.2, 0.25) is 11.4 Å². The van der Waals surface area contributed by atoms with E-state index < -0.39 is 17.3 Å². The first-order valence-electron chi connectivity index (χ1n) is 10.8. The van der Waals surface area contributed by atoms with Crippen molar-refractivity contribution in [3.8, 4) is 11.3 Å². The first-order valence-corrected chi connectivity index (χ1v) is 11.2. The number of fused-ring (bicyclic) bond motifs is 1. The van der Waals surface area contributed by atoms with E-state index in [1.807, 2.05) is 30.3 Å². The van der Waals surface area contributed by atoms with Crippen LogP contribution >= 0.6 is 11.6 Å². The summed E-state index contributed by atoms with van der Waals surface area (Å²) in [4.78, 5) is 35.4. The van der Waals surface area contributed by atoms with Gasteiger partial charge in [-0.05, 0) is 32.4 Å². The fourth-order valence-electron chi connectivity index (χ4n) is 4.10. The molecule has 0 amide bonds. The van der Waals surface area contributed by atoms with Crippen LogP contribution in [0.5, 0.6) is 0 Å². The average Bonchev–Trinajstić information content (AvgIpc) is 2.96. The molecule has 1 aliphatic heterocycles. The highest BCUT2D eigenvalue weighted by atomic mass is 35.5. The molecule has 1 N–H and O–H groups in total. The molecule has 9 heteroatoms. The zero-order chi connectivity index (χ0) is 23.8. The smallest absolute Gasteiger partial charge is 0.344 e. The van der Waals surface area contributed by atoms with E-state index in [0.29, 0.717) is 35.6 Å². The second kappa shape index (κ2) is 9.09. The van der Waals surface area contributed by atoms with Gasteiger partial charge in [-0.2, -0.15) is 0 Å². The molecule has 0 aliphatic carbocycles. The maximum Gasteiger partial charge on any atom is 0.344 e. The second-order valence-corrected chi connectivity index (χ2v) is 8.49. The highest BCUT2D eigenvalue weighted by Gasteiger charge is 2.33. The number of para-hydroxylation sites is 1. The van der Waals surface area contributed by atoms with Crippen molar-refractivity contribution in [1.82, 2.24) is 9.97 Å². The minimum Gasteiger partial charge on any atom is -0.462 e. The van der Waals surface area contributed by atoms with E-state index in [0.717, 1.165) is 5.39 Å². The Hall–Kier alpha value is -3.00. The van der Waals surface area contributed by atoms with Gasteiger partial charge in [0.1, 0.15) is 16.4 Å². The molecule has 1 fully saturated rings. The molecule has 0 bridgehead atoms. The summed E-state index contributed by atoms with van der Waals surface area (Å²) in [7, 11) is 0. The van der Waals surface area contributed by atoms with Crippen LogP contribution in [0.4, 0.5) is 14.6 Å². The number of pyridine rings is 2. The molecule has 0 saturated carbocycles. The minimum absolute atomic E-state index is 0.0766. The molecule has 6 nitrogen and oxygen atoms in total. The second-order valence-electron chi connectivity index (χ2n) is 8.11. The van der Waals surface area contributed by atoms with Gasteiger partial charge in [0.25, 0.3) is 0 Å². The van der Waals surface area contributed by atoms with Crippen molar-refractivity contribution in [2.75, 3.05) is 24.6 Å². The monoisotopic (exact) mass is 475 g/mol. The standard InChI is InChI=1S/C24H24ClF2N3O3/c1-3-33-23(32)18-20(28-14(2)19(25)21(18)31)16-13-15-7-4-5-8-17(15)29-22(16)30-11-6-9-24(26,27)10-12-30/h4-5,7-8,13H,3,6,9-12H2,1-2H3,(H,28,31). The van der Waals surface area contributed by atoms with Crippen molar-refractivity contribution in [1.29, 1.82) is 0 Å². The van der Waals surface area contributed by atoms with Crippen LogP contribution in [0.25, 0.3) is 22.2 Å². The predicted octanol–water partition coefficient (Wildman–Crippen LogP) is 5.35. The van der Waals surface area contributed by atoms with Crippen molar-refractivity contribution < 1.29 is 18.3 Å². The van der Waals surface area contributed by atoms with Crippen LogP contribution in [-0.4, -0.2) is 41.6 Å². The van der Waals surface area contributed by atoms with Crippen LogP contribution in [-0.2, 0) is 4.74 Å². The van der Waals surface area contributed by atoms with E-state index in [-0.39, 0.29) is 42.3 Å². The lowest BCUT2D eigenvalue weighted by Gasteiger charge is -2.25. The zero-order valence-corrected chi connectivity index (χ0v) is 19.1. The Morgan fingerprint density at radius 1 is 1.27 bits per heavy atom. The van der Waals surface area contributed by atoms with E-state index in [4.69, 9.17) is 21.3 Å². The summed E-state index contributed by atoms with van der Waals surface area (Å²) in [5.74, 6) is -3.13. The SMILES string of the molecule is CCOC(=O)c1c(-c2cc3ccccc3nc2N2CCCC(F)(F)CC2)[nH]c(C)c(Cl)c1=O. The number of esters is 1. The third-order valence-corrected chi connectivity index (χ3v) is 6.24. The lowest BCUT2D eigenvalue weighted by Crippen LogP contribution is -2.28. The highest BCUT2D eigenvalue weighted by Crippen LogP contribution is 2.36. The molecule has 174 valence electrons. The van der Waals surface area contributed by atoms with Crippen molar-refractivity contribution in [2.45, 2.75) is 39.0 Å². The molecule has 2 aromatic heterocycles. The van der Waals surface area contributed by atoms with Crippen LogP contribution in [0.1, 0.15) is 42.2 Å². The van der Waals surface area contributed by atoms with E-state index in [9.17, 15) is 18.4 Å². The zero-order valence-electron chi connectivity index (χ0n) is 18.4. The lowest BCUT2D eigenvalue weighted by atomic mass is 10.0. The summed E-state index contributed by atoms with van der Waals surface area (Å²) < 4.78 is 33.3. The third kappa shape index (κ3) is 4.57. The molecule has 3 aromatic rings. The molecule has 1 aliphatic rings. The van der Waals surface area contributed by atoms with E-state index in [1.54, 1.807) is 18.7 Å². The number of halogens is 3. The molecule has 0 radical (unpaired) electrons. The number of ether oxygens (including phenoxy) is 1. The van der Waals surface area contributed by atoms with Crippen molar-refractivity contribution in [3.63, 3.8) is 0 Å². The summed E-state index contributed by atoms with van der Waals surface area (Å²) in [6.07, 6.45) is -0.207. The molecular weight excluding hydrogens is 452 g/mol. The number of aromatic nitrogens is 2. The van der Waals surface area contributed by atoms with Gasteiger partial charge in [0.15, 0.2) is 0 Å². The van der Waals surface area contributed by atoms with Crippen molar-refractivity contribution in [2.24, 2.45) is 0 Å². The lowest BCUT2D eigenvalue weighted by molar-refractivity contribution is -0.0102.